The molecule has 0 aliphatic carbocycles. The Kier molecular flexibility index (Phi) is 4.85. The number of hydrogen-bond donors (Lipinski definition) is 2. The first kappa shape index (κ1) is 9.37. The maximum atomic E-state index is 8.43. The minimum Gasteiger partial charge on any atom is -0.395 e. The molecule has 0 saturated carbocycles. The zero-order valence-corrected chi connectivity index (χ0v) is 5.95. The Bertz CT molecular complexity index is 121. The molecule has 3 N–H and O–H groups in total. The summed E-state index contributed by atoms with van der Waals surface area (Å²) in [7, 11) is 0. The molecule has 0 amide bonds. The summed E-state index contributed by atoms with van der Waals surface area (Å²) in [5, 5.41) is 16.7. The van der Waals surface area contributed by atoms with Crippen molar-refractivity contribution in [2.45, 2.75) is 19.1 Å². The monoisotopic (exact) mass is 144 g/mol. The predicted octanol–water partition coefficient (Wildman–Crippen LogP) is -0.765. The van der Waals surface area contributed by atoms with Crippen LogP contribution in [0.3, 0.4) is 0 Å². The van der Waals surface area contributed by atoms with Gasteiger partial charge in [0.05, 0.1) is 25.3 Å². The van der Waals surface area contributed by atoms with Gasteiger partial charge in [-0.1, -0.05) is 0 Å². The lowest BCUT2D eigenvalue weighted by molar-refractivity contribution is 0.0754. The SMILES string of the molecule is CC(C#N)OC[C@@H](N)CO. The number of nitrogens with zero attached hydrogens (tertiary/aromatic N) is 1. The summed E-state index contributed by atoms with van der Waals surface area (Å²) in [4.78, 5) is 0. The van der Waals surface area contributed by atoms with Gasteiger partial charge in [0.2, 0.25) is 0 Å². The Morgan fingerprint density at radius 1 is 1.80 bits per heavy atom. The third-order valence-electron chi connectivity index (χ3n) is 0.977. The van der Waals surface area contributed by atoms with Crippen LogP contribution in [-0.2, 0) is 4.74 Å². The van der Waals surface area contributed by atoms with E-state index in [1.807, 2.05) is 6.07 Å². The second kappa shape index (κ2) is 5.18. The van der Waals surface area contributed by atoms with Crippen LogP contribution in [0.2, 0.25) is 0 Å². The van der Waals surface area contributed by atoms with Gasteiger partial charge in [-0.2, -0.15) is 5.26 Å². The molecule has 0 aromatic rings. The van der Waals surface area contributed by atoms with E-state index in [1.165, 1.54) is 0 Å². The Hall–Kier alpha value is -0.630. The summed E-state index contributed by atoms with van der Waals surface area (Å²) in [6, 6.07) is 1.51. The van der Waals surface area contributed by atoms with Gasteiger partial charge in [0.15, 0.2) is 0 Å². The zero-order chi connectivity index (χ0) is 7.98. The fraction of sp³-hybridized carbons (Fsp3) is 0.833. The topological polar surface area (TPSA) is 79.3 Å². The normalized spacial score (nSPS) is 15.8. The third kappa shape index (κ3) is 4.27. The van der Waals surface area contributed by atoms with E-state index in [1.54, 1.807) is 6.92 Å². The van der Waals surface area contributed by atoms with E-state index < -0.39 is 6.10 Å². The lowest BCUT2D eigenvalue weighted by atomic mass is 10.3. The molecule has 0 aliphatic rings. The van der Waals surface area contributed by atoms with Gasteiger partial charge < -0.3 is 15.6 Å². The van der Waals surface area contributed by atoms with E-state index in [0.29, 0.717) is 0 Å². The molecule has 0 heterocycles. The molecule has 0 aromatic carbocycles. The standard InChI is InChI=1S/C6H12N2O2/c1-5(2-7)10-4-6(8)3-9/h5-6,9H,3-4,8H2,1H3/t5?,6-/m0/s1. The van der Waals surface area contributed by atoms with Gasteiger partial charge in [-0.15, -0.1) is 0 Å². The van der Waals surface area contributed by atoms with Crippen molar-refractivity contribution < 1.29 is 9.84 Å². The fourth-order valence-electron chi connectivity index (χ4n) is 0.358. The quantitative estimate of drug-likeness (QED) is 0.543. The molecule has 4 nitrogen and oxygen atoms in total. The molecule has 0 saturated heterocycles. The summed E-state index contributed by atoms with van der Waals surface area (Å²) >= 11 is 0. The largest absolute Gasteiger partial charge is 0.395 e. The Balaban J connectivity index is 3.28. The van der Waals surface area contributed by atoms with Crippen molar-refractivity contribution in [1.82, 2.24) is 0 Å². The Morgan fingerprint density at radius 2 is 2.40 bits per heavy atom. The number of ether oxygens (including phenoxy) is 1. The Labute approximate surface area is 60.2 Å². The number of aliphatic hydroxyl groups excluding tert-OH is 1. The summed E-state index contributed by atoms with van der Waals surface area (Å²) < 4.78 is 4.90. The molecule has 10 heavy (non-hydrogen) atoms. The number of nitrogens with two attached hydrogens (primary N) is 1. The van der Waals surface area contributed by atoms with Crippen molar-refractivity contribution in [3.8, 4) is 6.07 Å². The van der Waals surface area contributed by atoms with Gasteiger partial charge in [0, 0.05) is 0 Å². The lowest BCUT2D eigenvalue weighted by Crippen LogP contribution is -2.31. The van der Waals surface area contributed by atoms with Crippen LogP contribution in [0.4, 0.5) is 0 Å². The highest BCUT2D eigenvalue weighted by molar-refractivity contribution is 4.79. The molecule has 0 aliphatic heterocycles. The summed E-state index contributed by atoms with van der Waals surface area (Å²) in [6.07, 6.45) is -0.447. The molecule has 4 heteroatoms. The van der Waals surface area contributed by atoms with Crippen molar-refractivity contribution in [2.75, 3.05) is 13.2 Å². The first-order chi connectivity index (χ1) is 4.70. The van der Waals surface area contributed by atoms with Crippen LogP contribution in [0.25, 0.3) is 0 Å². The van der Waals surface area contributed by atoms with Crippen LogP contribution in [0, 0.1) is 11.3 Å². The number of rotatable bonds is 4. The molecule has 58 valence electrons. The first-order valence-electron chi connectivity index (χ1n) is 3.08. The van der Waals surface area contributed by atoms with E-state index in [2.05, 4.69) is 0 Å². The molecule has 0 bridgehead atoms. The average Bonchev–Trinajstić information content (AvgIpc) is 1.99. The van der Waals surface area contributed by atoms with Gasteiger partial charge in [-0.05, 0) is 6.92 Å². The van der Waals surface area contributed by atoms with E-state index in [9.17, 15) is 0 Å². The average molecular weight is 144 g/mol. The van der Waals surface area contributed by atoms with Gasteiger partial charge in [-0.25, -0.2) is 0 Å². The van der Waals surface area contributed by atoms with Gasteiger partial charge in [-0.3, -0.25) is 0 Å². The molecule has 0 fully saturated rings. The smallest absolute Gasteiger partial charge is 0.141 e. The highest BCUT2D eigenvalue weighted by atomic mass is 16.5. The van der Waals surface area contributed by atoms with Crippen LogP contribution >= 0.6 is 0 Å². The van der Waals surface area contributed by atoms with Gasteiger partial charge in [0.25, 0.3) is 0 Å². The van der Waals surface area contributed by atoms with E-state index in [-0.39, 0.29) is 19.3 Å². The summed E-state index contributed by atoms with van der Waals surface area (Å²) in [6.45, 7) is 1.74. The van der Waals surface area contributed by atoms with E-state index in [0.717, 1.165) is 0 Å². The van der Waals surface area contributed by atoms with Crippen LogP contribution in [-0.4, -0.2) is 30.5 Å². The summed E-state index contributed by atoms with van der Waals surface area (Å²) in [5.41, 5.74) is 5.29. The second-order valence-electron chi connectivity index (χ2n) is 2.05. The van der Waals surface area contributed by atoms with Crippen molar-refractivity contribution in [1.29, 1.82) is 5.26 Å². The van der Waals surface area contributed by atoms with E-state index >= 15 is 0 Å². The number of aliphatic hydroxyl groups is 1. The fourth-order valence-corrected chi connectivity index (χ4v) is 0.358. The van der Waals surface area contributed by atoms with Crippen molar-refractivity contribution in [3.05, 3.63) is 0 Å². The van der Waals surface area contributed by atoms with Gasteiger partial charge in [0.1, 0.15) is 6.10 Å². The van der Waals surface area contributed by atoms with Crippen LogP contribution in [0.15, 0.2) is 0 Å². The molecule has 2 atom stereocenters. The van der Waals surface area contributed by atoms with E-state index in [4.69, 9.17) is 20.8 Å². The number of nitriles is 1. The molecule has 0 spiro atoms. The molecule has 1 unspecified atom stereocenters. The highest BCUT2D eigenvalue weighted by Gasteiger charge is 2.03. The third-order valence-corrected chi connectivity index (χ3v) is 0.977. The summed E-state index contributed by atoms with van der Waals surface area (Å²) in [5.74, 6) is 0. The van der Waals surface area contributed by atoms with Crippen molar-refractivity contribution >= 4 is 0 Å². The van der Waals surface area contributed by atoms with Crippen LogP contribution in [0.5, 0.6) is 0 Å². The minimum atomic E-state index is -0.447. The molecule has 0 rings (SSSR count). The minimum absolute atomic E-state index is 0.113. The molecule has 0 radical (unpaired) electrons. The van der Waals surface area contributed by atoms with Crippen LogP contribution < -0.4 is 5.73 Å². The molecular weight excluding hydrogens is 132 g/mol. The first-order valence-corrected chi connectivity index (χ1v) is 3.08. The zero-order valence-electron chi connectivity index (χ0n) is 5.95. The van der Waals surface area contributed by atoms with Crippen molar-refractivity contribution in [3.63, 3.8) is 0 Å². The maximum absolute atomic E-state index is 8.43. The lowest BCUT2D eigenvalue weighted by Gasteiger charge is -2.09. The molecular formula is C6H12N2O2. The second-order valence-corrected chi connectivity index (χ2v) is 2.05. The highest BCUT2D eigenvalue weighted by Crippen LogP contribution is 1.88. The predicted molar refractivity (Wildman–Crippen MR) is 36.1 cm³/mol. The maximum Gasteiger partial charge on any atom is 0.141 e. The van der Waals surface area contributed by atoms with Gasteiger partial charge >= 0.3 is 0 Å². The molecule has 0 aromatic heterocycles. The van der Waals surface area contributed by atoms with Crippen LogP contribution in [0.1, 0.15) is 6.92 Å². The Morgan fingerprint density at radius 3 is 2.80 bits per heavy atom. The number of hydrogen-bond acceptors (Lipinski definition) is 4. The van der Waals surface area contributed by atoms with Crippen molar-refractivity contribution in [2.24, 2.45) is 5.73 Å².